The summed E-state index contributed by atoms with van der Waals surface area (Å²) < 4.78 is 14.0. The molecule has 4 nitrogen and oxygen atoms in total. The van der Waals surface area contributed by atoms with Crippen molar-refractivity contribution in [2.45, 2.75) is 6.42 Å². The Labute approximate surface area is 168 Å². The van der Waals surface area contributed by atoms with Gasteiger partial charge in [0.15, 0.2) is 5.13 Å². The Morgan fingerprint density at radius 1 is 1.22 bits per heavy atom. The van der Waals surface area contributed by atoms with E-state index in [1.807, 2.05) is 30.3 Å². The van der Waals surface area contributed by atoms with Gasteiger partial charge in [0.05, 0.1) is 0 Å². The first-order chi connectivity index (χ1) is 13.0. The van der Waals surface area contributed by atoms with E-state index < -0.39 is 5.91 Å². The predicted molar refractivity (Wildman–Crippen MR) is 108 cm³/mol. The van der Waals surface area contributed by atoms with Crippen LogP contribution in [-0.4, -0.2) is 10.9 Å². The van der Waals surface area contributed by atoms with Crippen LogP contribution in [0.25, 0.3) is 6.08 Å². The fourth-order valence-corrected chi connectivity index (χ4v) is 3.40. The lowest BCUT2D eigenvalue weighted by Crippen LogP contribution is -2.13. The largest absolute Gasteiger partial charge is 0.297 e. The Balaban J connectivity index is 1.68. The van der Waals surface area contributed by atoms with Crippen molar-refractivity contribution in [2.24, 2.45) is 0 Å². The van der Waals surface area contributed by atoms with E-state index in [2.05, 4.69) is 26.2 Å². The predicted octanol–water partition coefficient (Wildman–Crippen LogP) is 5.18. The monoisotopic (exact) mass is 441 g/mol. The molecule has 0 atom stereocenters. The summed E-state index contributed by atoms with van der Waals surface area (Å²) >= 11 is 4.76. The van der Waals surface area contributed by atoms with Gasteiger partial charge in [-0.1, -0.05) is 40.2 Å². The summed E-state index contributed by atoms with van der Waals surface area (Å²) in [5, 5.41) is 12.3. The van der Waals surface area contributed by atoms with Crippen molar-refractivity contribution in [1.29, 1.82) is 5.26 Å². The topological polar surface area (TPSA) is 65.8 Å². The lowest BCUT2D eigenvalue weighted by Gasteiger charge is -2.01. The summed E-state index contributed by atoms with van der Waals surface area (Å²) in [5.74, 6) is -0.928. The summed E-state index contributed by atoms with van der Waals surface area (Å²) in [6.45, 7) is 0. The molecule has 1 heterocycles. The number of nitriles is 1. The molecule has 3 aromatic rings. The van der Waals surface area contributed by atoms with E-state index in [0.29, 0.717) is 17.1 Å². The SMILES string of the molecule is N#CC(=Cc1ccc(F)cc1)C(=O)Nc1ncc(Cc2ccc(Br)cc2)s1. The van der Waals surface area contributed by atoms with Crippen LogP contribution in [0.1, 0.15) is 16.0 Å². The van der Waals surface area contributed by atoms with E-state index in [1.54, 1.807) is 6.20 Å². The molecule has 0 fully saturated rings. The Kier molecular flexibility index (Phi) is 6.12. The fourth-order valence-electron chi connectivity index (χ4n) is 2.29. The highest BCUT2D eigenvalue weighted by Crippen LogP contribution is 2.22. The number of anilines is 1. The smallest absolute Gasteiger partial charge is 0.268 e. The number of carbonyl (C=O) groups excluding carboxylic acids is 1. The Morgan fingerprint density at radius 2 is 1.93 bits per heavy atom. The molecule has 0 unspecified atom stereocenters. The third-order valence-corrected chi connectivity index (χ3v) is 5.05. The number of carbonyl (C=O) groups is 1. The Morgan fingerprint density at radius 3 is 2.59 bits per heavy atom. The van der Waals surface area contributed by atoms with E-state index in [4.69, 9.17) is 0 Å². The number of nitrogens with one attached hydrogen (secondary N) is 1. The van der Waals surface area contributed by atoms with Crippen LogP contribution < -0.4 is 5.32 Å². The maximum Gasteiger partial charge on any atom is 0.268 e. The molecular formula is C20H13BrFN3OS. The molecule has 1 aromatic heterocycles. The van der Waals surface area contributed by atoms with Gasteiger partial charge in [-0.2, -0.15) is 5.26 Å². The van der Waals surface area contributed by atoms with Crippen molar-refractivity contribution in [2.75, 3.05) is 5.32 Å². The van der Waals surface area contributed by atoms with E-state index >= 15 is 0 Å². The highest BCUT2D eigenvalue weighted by atomic mass is 79.9. The number of hydrogen-bond donors (Lipinski definition) is 1. The number of nitrogens with zero attached hydrogens (tertiary/aromatic N) is 2. The van der Waals surface area contributed by atoms with Gasteiger partial charge in [-0.05, 0) is 41.5 Å². The van der Waals surface area contributed by atoms with Gasteiger partial charge < -0.3 is 0 Å². The molecule has 1 N–H and O–H groups in total. The van der Waals surface area contributed by atoms with E-state index in [1.165, 1.54) is 41.7 Å². The zero-order valence-electron chi connectivity index (χ0n) is 13.9. The molecule has 1 amide bonds. The molecule has 0 bridgehead atoms. The highest BCUT2D eigenvalue weighted by molar-refractivity contribution is 9.10. The van der Waals surface area contributed by atoms with Gasteiger partial charge in [0, 0.05) is 22.0 Å². The van der Waals surface area contributed by atoms with Gasteiger partial charge in [-0.3, -0.25) is 10.1 Å². The number of amides is 1. The van der Waals surface area contributed by atoms with Crippen LogP contribution in [0, 0.1) is 17.1 Å². The summed E-state index contributed by atoms with van der Waals surface area (Å²) in [5.41, 5.74) is 1.62. The minimum Gasteiger partial charge on any atom is -0.297 e. The second-order valence-electron chi connectivity index (χ2n) is 5.61. The molecule has 0 aliphatic carbocycles. The second-order valence-corrected chi connectivity index (χ2v) is 7.64. The van der Waals surface area contributed by atoms with E-state index in [0.717, 1.165) is 14.9 Å². The summed E-state index contributed by atoms with van der Waals surface area (Å²) in [7, 11) is 0. The molecule has 3 rings (SSSR count). The van der Waals surface area contributed by atoms with Crippen LogP contribution in [-0.2, 0) is 11.2 Å². The van der Waals surface area contributed by atoms with Crippen molar-refractivity contribution >= 4 is 44.4 Å². The molecule has 0 spiro atoms. The van der Waals surface area contributed by atoms with E-state index in [-0.39, 0.29) is 11.4 Å². The van der Waals surface area contributed by atoms with Gasteiger partial charge in [0.1, 0.15) is 17.5 Å². The first-order valence-electron chi connectivity index (χ1n) is 7.91. The number of thiazole rings is 1. The average Bonchev–Trinajstić information content (AvgIpc) is 3.10. The van der Waals surface area contributed by atoms with Gasteiger partial charge in [0.2, 0.25) is 0 Å². The average molecular weight is 442 g/mol. The Hall–Kier alpha value is -2.82. The molecule has 2 aromatic carbocycles. The molecule has 0 radical (unpaired) electrons. The number of benzene rings is 2. The molecular weight excluding hydrogens is 429 g/mol. The first-order valence-corrected chi connectivity index (χ1v) is 9.52. The minimum absolute atomic E-state index is 0.0775. The van der Waals surface area contributed by atoms with Gasteiger partial charge in [0.25, 0.3) is 5.91 Å². The molecule has 0 saturated carbocycles. The van der Waals surface area contributed by atoms with Crippen LogP contribution in [0.15, 0.2) is 64.8 Å². The summed E-state index contributed by atoms with van der Waals surface area (Å²) in [6, 6.07) is 15.4. The van der Waals surface area contributed by atoms with Gasteiger partial charge in [-0.15, -0.1) is 11.3 Å². The maximum atomic E-state index is 13.0. The number of halogens is 2. The lowest BCUT2D eigenvalue weighted by atomic mass is 10.1. The summed E-state index contributed by atoms with van der Waals surface area (Å²) in [6.07, 6.45) is 3.82. The quantitative estimate of drug-likeness (QED) is 0.438. The number of aromatic nitrogens is 1. The maximum absolute atomic E-state index is 13.0. The van der Waals surface area contributed by atoms with Crippen molar-refractivity contribution in [3.63, 3.8) is 0 Å². The number of hydrogen-bond acceptors (Lipinski definition) is 4. The zero-order valence-corrected chi connectivity index (χ0v) is 16.3. The van der Waals surface area contributed by atoms with Crippen molar-refractivity contribution < 1.29 is 9.18 Å². The molecule has 134 valence electrons. The molecule has 7 heteroatoms. The van der Waals surface area contributed by atoms with Crippen LogP contribution in [0.3, 0.4) is 0 Å². The van der Waals surface area contributed by atoms with Crippen LogP contribution in [0.5, 0.6) is 0 Å². The minimum atomic E-state index is -0.550. The first kappa shape index (κ1) is 19.0. The molecule has 27 heavy (non-hydrogen) atoms. The normalized spacial score (nSPS) is 11.1. The fraction of sp³-hybridized carbons (Fsp3) is 0.0500. The van der Waals surface area contributed by atoms with Crippen LogP contribution in [0.4, 0.5) is 9.52 Å². The third-order valence-electron chi connectivity index (χ3n) is 3.61. The molecule has 0 saturated heterocycles. The number of rotatable bonds is 5. The third kappa shape index (κ3) is 5.33. The van der Waals surface area contributed by atoms with Crippen LogP contribution in [0.2, 0.25) is 0 Å². The zero-order chi connectivity index (χ0) is 19.2. The van der Waals surface area contributed by atoms with Crippen LogP contribution >= 0.6 is 27.3 Å². The van der Waals surface area contributed by atoms with Gasteiger partial charge >= 0.3 is 0 Å². The van der Waals surface area contributed by atoms with Crippen molar-refractivity contribution in [1.82, 2.24) is 4.98 Å². The van der Waals surface area contributed by atoms with Gasteiger partial charge in [-0.25, -0.2) is 9.37 Å². The highest BCUT2D eigenvalue weighted by Gasteiger charge is 2.12. The second kappa shape index (κ2) is 8.71. The van der Waals surface area contributed by atoms with Crippen molar-refractivity contribution in [3.8, 4) is 6.07 Å². The summed E-state index contributed by atoms with van der Waals surface area (Å²) in [4.78, 5) is 17.5. The molecule has 0 aliphatic heterocycles. The standard InChI is InChI=1S/C20H13BrFN3OS/c21-16-5-1-14(2-6-16)10-18-12-24-20(27-18)25-19(26)15(11-23)9-13-3-7-17(22)8-4-13/h1-9,12H,10H2,(H,24,25,26). The lowest BCUT2D eigenvalue weighted by molar-refractivity contribution is -0.112. The Bertz CT molecular complexity index is 1020. The molecule has 0 aliphatic rings. The van der Waals surface area contributed by atoms with E-state index in [9.17, 15) is 14.4 Å². The van der Waals surface area contributed by atoms with Crippen molar-refractivity contribution in [3.05, 3.63) is 86.6 Å².